The van der Waals surface area contributed by atoms with E-state index in [4.69, 9.17) is 0 Å². The fourth-order valence-corrected chi connectivity index (χ4v) is 1.86. The molecule has 0 saturated carbocycles. The first-order valence-corrected chi connectivity index (χ1v) is 6.25. The highest BCUT2D eigenvalue weighted by Crippen LogP contribution is 2.36. The number of hydrogen-bond acceptors (Lipinski definition) is 1. The van der Waals surface area contributed by atoms with E-state index in [-0.39, 0.29) is 23.8 Å². The fraction of sp³-hybridized carbons (Fsp3) is 0.417. The van der Waals surface area contributed by atoms with Crippen LogP contribution in [0.25, 0.3) is 0 Å². The van der Waals surface area contributed by atoms with Crippen LogP contribution in [-0.4, -0.2) is 10.6 Å². The predicted octanol–water partition coefficient (Wildman–Crippen LogP) is 4.62. The molecular formula is C12H9BrF6O. The number of hydrogen-bond donors (Lipinski definition) is 0. The summed E-state index contributed by atoms with van der Waals surface area (Å²) >= 11 is 2.92. The van der Waals surface area contributed by atoms with E-state index in [0.717, 1.165) is 0 Å². The maximum absolute atomic E-state index is 12.6. The molecular weight excluding hydrogens is 354 g/mol. The Balaban J connectivity index is 3.28. The molecule has 0 radical (unpaired) electrons. The van der Waals surface area contributed by atoms with Gasteiger partial charge in [-0.05, 0) is 37.1 Å². The van der Waals surface area contributed by atoms with E-state index in [1.165, 1.54) is 6.92 Å². The molecule has 1 nitrogen and oxygen atoms in total. The normalized spacial score (nSPS) is 14.2. The summed E-state index contributed by atoms with van der Waals surface area (Å²) in [5, 5.41) is 0. The van der Waals surface area contributed by atoms with E-state index in [2.05, 4.69) is 15.9 Å². The molecule has 1 unspecified atom stereocenters. The van der Waals surface area contributed by atoms with Crippen molar-refractivity contribution in [3.63, 3.8) is 0 Å². The summed E-state index contributed by atoms with van der Waals surface area (Å²) in [5.74, 6) is -0.379. The molecule has 1 aromatic rings. The SMILES string of the molecule is CC(=O)C(Br)Cc1cc(C(F)(F)F)cc(C(F)(F)F)c1. The zero-order chi connectivity index (χ0) is 15.7. The minimum absolute atomic E-state index is 0.0561. The largest absolute Gasteiger partial charge is 0.416 e. The molecule has 8 heteroatoms. The Kier molecular flexibility index (Phi) is 4.89. The van der Waals surface area contributed by atoms with Crippen LogP contribution in [0.1, 0.15) is 23.6 Å². The van der Waals surface area contributed by atoms with Crippen molar-refractivity contribution in [2.45, 2.75) is 30.5 Å². The van der Waals surface area contributed by atoms with Crippen molar-refractivity contribution >= 4 is 21.7 Å². The van der Waals surface area contributed by atoms with Gasteiger partial charge in [-0.25, -0.2) is 0 Å². The van der Waals surface area contributed by atoms with Crippen molar-refractivity contribution in [3.8, 4) is 0 Å². The Hall–Kier alpha value is -1.05. The number of alkyl halides is 7. The molecule has 112 valence electrons. The number of halogens is 7. The van der Waals surface area contributed by atoms with Crippen LogP contribution in [0.15, 0.2) is 18.2 Å². The van der Waals surface area contributed by atoms with Crippen molar-refractivity contribution < 1.29 is 31.1 Å². The minimum Gasteiger partial charge on any atom is -0.299 e. The van der Waals surface area contributed by atoms with Crippen molar-refractivity contribution in [2.75, 3.05) is 0 Å². The molecule has 0 spiro atoms. The quantitative estimate of drug-likeness (QED) is 0.566. The molecule has 0 aromatic heterocycles. The van der Waals surface area contributed by atoms with E-state index in [1.807, 2.05) is 0 Å². The van der Waals surface area contributed by atoms with Gasteiger partial charge in [0, 0.05) is 0 Å². The van der Waals surface area contributed by atoms with E-state index < -0.39 is 28.3 Å². The average molecular weight is 363 g/mol. The smallest absolute Gasteiger partial charge is 0.299 e. The Labute approximate surface area is 119 Å². The topological polar surface area (TPSA) is 17.1 Å². The lowest BCUT2D eigenvalue weighted by molar-refractivity contribution is -0.143. The van der Waals surface area contributed by atoms with Crippen LogP contribution >= 0.6 is 15.9 Å². The first-order chi connectivity index (χ1) is 8.91. The van der Waals surface area contributed by atoms with Crippen LogP contribution in [0.5, 0.6) is 0 Å². The Morgan fingerprint density at radius 3 is 1.75 bits per heavy atom. The summed E-state index contributed by atoms with van der Waals surface area (Å²) in [7, 11) is 0. The lowest BCUT2D eigenvalue weighted by Crippen LogP contribution is -2.16. The van der Waals surface area contributed by atoms with Crippen LogP contribution in [0.2, 0.25) is 0 Å². The second-order valence-corrected chi connectivity index (χ2v) is 5.30. The number of carbonyl (C=O) groups is 1. The van der Waals surface area contributed by atoms with Gasteiger partial charge in [-0.1, -0.05) is 15.9 Å². The third kappa shape index (κ3) is 4.50. The highest BCUT2D eigenvalue weighted by atomic mass is 79.9. The molecule has 1 rings (SSSR count). The summed E-state index contributed by atoms with van der Waals surface area (Å²) in [6, 6.07) is 1.29. The number of carbonyl (C=O) groups excluding carboxylic acids is 1. The van der Waals surface area contributed by atoms with Crippen molar-refractivity contribution in [2.24, 2.45) is 0 Å². The molecule has 0 N–H and O–H groups in total. The van der Waals surface area contributed by atoms with E-state index in [9.17, 15) is 31.1 Å². The zero-order valence-corrected chi connectivity index (χ0v) is 11.7. The van der Waals surface area contributed by atoms with Crippen LogP contribution in [0.3, 0.4) is 0 Å². The summed E-state index contributed by atoms with van der Waals surface area (Å²) in [6.07, 6.45) is -10.0. The van der Waals surface area contributed by atoms with Gasteiger partial charge in [0.1, 0.15) is 5.78 Å². The third-order valence-corrected chi connectivity index (χ3v) is 3.47. The monoisotopic (exact) mass is 362 g/mol. The van der Waals surface area contributed by atoms with Crippen molar-refractivity contribution in [1.29, 1.82) is 0 Å². The van der Waals surface area contributed by atoms with Gasteiger partial charge in [0.15, 0.2) is 0 Å². The second kappa shape index (κ2) is 5.75. The van der Waals surface area contributed by atoms with E-state index in [1.54, 1.807) is 0 Å². The zero-order valence-electron chi connectivity index (χ0n) is 10.1. The lowest BCUT2D eigenvalue weighted by Gasteiger charge is -2.15. The molecule has 0 saturated heterocycles. The van der Waals surface area contributed by atoms with Gasteiger partial charge in [0.2, 0.25) is 0 Å². The minimum atomic E-state index is -4.88. The lowest BCUT2D eigenvalue weighted by atomic mass is 10.0. The first kappa shape index (κ1) is 17.0. The van der Waals surface area contributed by atoms with Crippen LogP contribution in [0.4, 0.5) is 26.3 Å². The number of rotatable bonds is 3. The van der Waals surface area contributed by atoms with Gasteiger partial charge in [-0.3, -0.25) is 4.79 Å². The molecule has 0 aliphatic carbocycles. The predicted molar refractivity (Wildman–Crippen MR) is 63.5 cm³/mol. The standard InChI is InChI=1S/C12H9BrF6O/c1-6(20)10(13)4-7-2-8(11(14,15)16)5-9(3-7)12(17,18)19/h2-3,5,10H,4H2,1H3. The molecule has 1 aromatic carbocycles. The maximum Gasteiger partial charge on any atom is 0.416 e. The van der Waals surface area contributed by atoms with Crippen LogP contribution < -0.4 is 0 Å². The number of ketones is 1. The first-order valence-electron chi connectivity index (χ1n) is 5.34. The van der Waals surface area contributed by atoms with Gasteiger partial charge in [0.05, 0.1) is 16.0 Å². The van der Waals surface area contributed by atoms with Gasteiger partial charge in [-0.2, -0.15) is 26.3 Å². The maximum atomic E-state index is 12.6. The van der Waals surface area contributed by atoms with E-state index >= 15 is 0 Å². The Morgan fingerprint density at radius 2 is 1.45 bits per heavy atom. The van der Waals surface area contributed by atoms with Crippen LogP contribution in [0, 0.1) is 0 Å². The second-order valence-electron chi connectivity index (χ2n) is 4.20. The van der Waals surface area contributed by atoms with Gasteiger partial charge in [-0.15, -0.1) is 0 Å². The summed E-state index contributed by atoms with van der Waals surface area (Å²) in [5.41, 5.74) is -2.97. The fourth-order valence-electron chi connectivity index (χ4n) is 1.49. The van der Waals surface area contributed by atoms with Gasteiger partial charge < -0.3 is 0 Å². The molecule has 0 amide bonds. The Morgan fingerprint density at radius 1 is 1.05 bits per heavy atom. The Bertz CT molecular complexity index is 473. The van der Waals surface area contributed by atoms with E-state index in [0.29, 0.717) is 12.1 Å². The molecule has 1 atom stereocenters. The van der Waals surface area contributed by atoms with Gasteiger partial charge in [0.25, 0.3) is 0 Å². The third-order valence-electron chi connectivity index (χ3n) is 2.50. The highest BCUT2D eigenvalue weighted by Gasteiger charge is 2.37. The molecule has 0 aliphatic heterocycles. The summed E-state index contributed by atoms with van der Waals surface area (Å²) < 4.78 is 75.5. The molecule has 0 fully saturated rings. The average Bonchev–Trinajstić information content (AvgIpc) is 2.26. The molecule has 0 aliphatic rings. The highest BCUT2D eigenvalue weighted by molar-refractivity contribution is 9.10. The summed E-state index contributed by atoms with van der Waals surface area (Å²) in [6.45, 7) is 1.19. The van der Waals surface area contributed by atoms with Crippen molar-refractivity contribution in [3.05, 3.63) is 34.9 Å². The number of Topliss-reactive ketones (excluding diaryl/α,β-unsaturated/α-hetero) is 1. The van der Waals surface area contributed by atoms with Crippen molar-refractivity contribution in [1.82, 2.24) is 0 Å². The van der Waals surface area contributed by atoms with Crippen LogP contribution in [-0.2, 0) is 23.6 Å². The summed E-state index contributed by atoms with van der Waals surface area (Å²) in [4.78, 5) is 10.2. The van der Waals surface area contributed by atoms with Gasteiger partial charge >= 0.3 is 12.4 Å². The molecule has 0 heterocycles. The number of benzene rings is 1. The molecule has 0 bridgehead atoms. The molecule has 20 heavy (non-hydrogen) atoms.